The first kappa shape index (κ1) is 16.1. The fourth-order valence-corrected chi connectivity index (χ4v) is 2.31. The van der Waals surface area contributed by atoms with E-state index >= 15 is 0 Å². The van der Waals surface area contributed by atoms with E-state index in [2.05, 4.69) is 10.5 Å². The van der Waals surface area contributed by atoms with Gasteiger partial charge in [0.15, 0.2) is 0 Å². The molecule has 0 aromatic heterocycles. The van der Waals surface area contributed by atoms with Crippen LogP contribution in [-0.4, -0.2) is 29.9 Å². The molecule has 1 aliphatic heterocycles. The maximum absolute atomic E-state index is 13.7. The Hall–Kier alpha value is -2.29. The summed E-state index contributed by atoms with van der Waals surface area (Å²) in [5.74, 6) is -3.44. The quantitative estimate of drug-likeness (QED) is 0.637. The monoisotopic (exact) mass is 308 g/mol. The van der Waals surface area contributed by atoms with Gasteiger partial charge in [-0.3, -0.25) is 9.59 Å². The number of hydrogen-bond acceptors (Lipinski definition) is 5. The number of halogens is 1. The van der Waals surface area contributed by atoms with E-state index in [1.54, 1.807) is 0 Å². The summed E-state index contributed by atoms with van der Waals surface area (Å²) in [7, 11) is -1.45. The molecule has 1 aliphatic rings. The predicted molar refractivity (Wildman–Crippen MR) is 75.7 cm³/mol. The van der Waals surface area contributed by atoms with Gasteiger partial charge in [-0.25, -0.2) is 4.39 Å². The summed E-state index contributed by atoms with van der Waals surface area (Å²) in [4.78, 5) is 33.4. The molecule has 0 aliphatic carbocycles. The van der Waals surface area contributed by atoms with Crippen molar-refractivity contribution in [3.8, 4) is 5.75 Å². The standard InChI is InChI=1S/C13H14BFN2O5/c1-2-3-10(18)16-9-6-7-4-5-8(15)11(13(19)17-21)12(7)22-14(9)20/h4-5,9,20H,2-3,6H2,1H3,(H,16,18)/t9-/m0/s1. The topological polar surface area (TPSA) is 105 Å². The average molecular weight is 308 g/mol. The second-order valence-corrected chi connectivity index (χ2v) is 4.94. The van der Waals surface area contributed by atoms with Crippen molar-refractivity contribution >= 4 is 18.9 Å². The number of carbonyl (C=O) groups is 2. The molecule has 0 saturated heterocycles. The fourth-order valence-electron chi connectivity index (χ4n) is 2.31. The minimum Gasteiger partial charge on any atom is -0.534 e. The molecule has 1 aromatic rings. The molecular formula is C13H14BFN2O5. The molecule has 2 rings (SSSR count). The molecule has 2 amide bonds. The van der Waals surface area contributed by atoms with Crippen molar-refractivity contribution in [2.45, 2.75) is 32.1 Å². The molecule has 116 valence electrons. The summed E-state index contributed by atoms with van der Waals surface area (Å²) in [6.07, 6.45) is 1.10. The molecule has 0 saturated carbocycles. The highest BCUT2D eigenvalue weighted by molar-refractivity contribution is 6.47. The summed E-state index contributed by atoms with van der Waals surface area (Å²) in [5.41, 5.74) is -0.203. The van der Waals surface area contributed by atoms with E-state index in [4.69, 9.17) is 4.65 Å². The van der Waals surface area contributed by atoms with Crippen LogP contribution in [0.5, 0.6) is 5.75 Å². The van der Waals surface area contributed by atoms with Crippen molar-refractivity contribution in [2.24, 2.45) is 5.18 Å². The Morgan fingerprint density at radius 1 is 1.55 bits per heavy atom. The largest absolute Gasteiger partial charge is 0.547 e. The van der Waals surface area contributed by atoms with Gasteiger partial charge in [0, 0.05) is 11.6 Å². The number of benzene rings is 1. The maximum atomic E-state index is 13.7. The first-order valence-corrected chi connectivity index (χ1v) is 6.81. The SMILES string of the molecule is CCCC(=O)N[C@H]1Cc2ccc(F)c(C(=O)N=O)c2OB1O. The second kappa shape index (κ2) is 6.65. The van der Waals surface area contributed by atoms with Crippen LogP contribution in [0.4, 0.5) is 4.39 Å². The van der Waals surface area contributed by atoms with E-state index < -0.39 is 30.3 Å². The molecule has 0 spiro atoms. The summed E-state index contributed by atoms with van der Waals surface area (Å²) in [6.45, 7) is 1.84. The first-order chi connectivity index (χ1) is 10.5. The van der Waals surface area contributed by atoms with Crippen molar-refractivity contribution < 1.29 is 23.7 Å². The lowest BCUT2D eigenvalue weighted by atomic mass is 9.72. The second-order valence-electron chi connectivity index (χ2n) is 4.94. The Labute approximate surface area is 126 Å². The van der Waals surface area contributed by atoms with Crippen LogP contribution >= 0.6 is 0 Å². The number of nitrogens with zero attached hydrogens (tertiary/aromatic N) is 1. The van der Waals surface area contributed by atoms with E-state index in [1.807, 2.05) is 6.92 Å². The Bertz CT molecular complexity index is 625. The third kappa shape index (κ3) is 3.14. The molecular weight excluding hydrogens is 294 g/mol. The minimum atomic E-state index is -1.45. The number of amides is 2. The van der Waals surface area contributed by atoms with Crippen molar-refractivity contribution in [3.05, 3.63) is 34.0 Å². The van der Waals surface area contributed by atoms with Gasteiger partial charge < -0.3 is 15.0 Å². The van der Waals surface area contributed by atoms with E-state index in [9.17, 15) is 23.9 Å². The molecule has 0 bridgehead atoms. The van der Waals surface area contributed by atoms with Gasteiger partial charge >= 0.3 is 13.0 Å². The highest BCUT2D eigenvalue weighted by Crippen LogP contribution is 2.32. The van der Waals surface area contributed by atoms with Crippen LogP contribution in [0.1, 0.15) is 35.7 Å². The normalized spacial score (nSPS) is 16.5. The van der Waals surface area contributed by atoms with Crippen LogP contribution in [0.2, 0.25) is 0 Å². The van der Waals surface area contributed by atoms with Crippen molar-refractivity contribution in [3.63, 3.8) is 0 Å². The number of rotatable bonds is 4. The van der Waals surface area contributed by atoms with E-state index in [1.165, 1.54) is 6.07 Å². The van der Waals surface area contributed by atoms with Gasteiger partial charge in [0.05, 0.1) is 5.94 Å². The molecule has 0 unspecified atom stereocenters. The zero-order chi connectivity index (χ0) is 16.3. The summed E-state index contributed by atoms with van der Waals surface area (Å²) < 4.78 is 18.8. The van der Waals surface area contributed by atoms with Gasteiger partial charge in [-0.1, -0.05) is 13.0 Å². The minimum absolute atomic E-state index is 0.144. The molecule has 1 aromatic carbocycles. The van der Waals surface area contributed by atoms with Gasteiger partial charge in [0.2, 0.25) is 5.91 Å². The number of nitrogens with one attached hydrogen (secondary N) is 1. The Morgan fingerprint density at radius 3 is 2.91 bits per heavy atom. The number of hydrogen-bond donors (Lipinski definition) is 2. The van der Waals surface area contributed by atoms with Gasteiger partial charge in [0.25, 0.3) is 0 Å². The van der Waals surface area contributed by atoms with Crippen LogP contribution in [-0.2, 0) is 11.2 Å². The van der Waals surface area contributed by atoms with Crippen LogP contribution in [0.15, 0.2) is 17.3 Å². The molecule has 2 N–H and O–H groups in total. The molecule has 0 radical (unpaired) electrons. The molecule has 0 fully saturated rings. The van der Waals surface area contributed by atoms with Crippen molar-refractivity contribution in [1.82, 2.24) is 5.32 Å². The van der Waals surface area contributed by atoms with Crippen LogP contribution in [0.3, 0.4) is 0 Å². The van der Waals surface area contributed by atoms with Crippen LogP contribution in [0, 0.1) is 10.7 Å². The highest BCUT2D eigenvalue weighted by atomic mass is 19.1. The Kier molecular flexibility index (Phi) is 4.87. The van der Waals surface area contributed by atoms with Gasteiger partial charge in [-0.15, -0.1) is 4.91 Å². The Balaban J connectivity index is 2.29. The van der Waals surface area contributed by atoms with Crippen LogP contribution < -0.4 is 9.97 Å². The third-order valence-electron chi connectivity index (χ3n) is 3.33. The Morgan fingerprint density at radius 2 is 2.27 bits per heavy atom. The number of nitroso groups, excluding NO2 is 1. The lowest BCUT2D eigenvalue weighted by Gasteiger charge is -2.29. The highest BCUT2D eigenvalue weighted by Gasteiger charge is 2.38. The molecule has 7 nitrogen and oxygen atoms in total. The van der Waals surface area contributed by atoms with E-state index in [-0.39, 0.29) is 18.1 Å². The van der Waals surface area contributed by atoms with Crippen molar-refractivity contribution in [2.75, 3.05) is 0 Å². The molecule has 1 heterocycles. The lowest BCUT2D eigenvalue weighted by Crippen LogP contribution is -2.53. The van der Waals surface area contributed by atoms with E-state index in [0.717, 1.165) is 6.07 Å². The predicted octanol–water partition coefficient (Wildman–Crippen LogP) is 0.972. The molecule has 22 heavy (non-hydrogen) atoms. The number of fused-ring (bicyclic) bond motifs is 1. The van der Waals surface area contributed by atoms with Gasteiger partial charge in [0.1, 0.15) is 17.1 Å². The smallest absolute Gasteiger partial charge is 0.534 e. The zero-order valence-electron chi connectivity index (χ0n) is 11.8. The lowest BCUT2D eigenvalue weighted by molar-refractivity contribution is -0.121. The van der Waals surface area contributed by atoms with Crippen LogP contribution in [0.25, 0.3) is 0 Å². The molecule has 9 heteroatoms. The average Bonchev–Trinajstić information content (AvgIpc) is 2.48. The summed E-state index contributed by atoms with van der Waals surface area (Å²) in [5, 5.41) is 14.7. The first-order valence-electron chi connectivity index (χ1n) is 6.81. The van der Waals surface area contributed by atoms with Gasteiger partial charge in [-0.05, 0) is 24.5 Å². The summed E-state index contributed by atoms with van der Waals surface area (Å²) in [6, 6.07) is 2.39. The molecule has 1 atom stereocenters. The van der Waals surface area contributed by atoms with Crippen molar-refractivity contribution in [1.29, 1.82) is 0 Å². The van der Waals surface area contributed by atoms with Gasteiger partial charge in [-0.2, -0.15) is 0 Å². The fraction of sp³-hybridized carbons (Fsp3) is 0.385. The number of carbonyl (C=O) groups excluding carboxylic acids is 2. The maximum Gasteiger partial charge on any atom is 0.547 e. The summed E-state index contributed by atoms with van der Waals surface area (Å²) >= 11 is 0. The third-order valence-corrected chi connectivity index (χ3v) is 3.33. The zero-order valence-corrected chi connectivity index (χ0v) is 11.8. The van der Waals surface area contributed by atoms with E-state index in [0.29, 0.717) is 18.4 Å².